The highest BCUT2D eigenvalue weighted by molar-refractivity contribution is 6.00. The molecule has 1 aromatic heterocycles. The molecule has 8 nitrogen and oxygen atoms in total. The molecule has 1 fully saturated rings. The van der Waals surface area contributed by atoms with Gasteiger partial charge in [-0.1, -0.05) is 24.6 Å². The number of aromatic nitrogens is 1. The summed E-state index contributed by atoms with van der Waals surface area (Å²) in [5, 5.41) is 21.9. The van der Waals surface area contributed by atoms with Gasteiger partial charge in [0.05, 0.1) is 23.8 Å². The Morgan fingerprint density at radius 3 is 2.41 bits per heavy atom. The number of aliphatic hydroxyl groups excluding tert-OH is 1. The second kappa shape index (κ2) is 10.8. The third-order valence-corrected chi connectivity index (χ3v) is 5.60. The topological polar surface area (TPSA) is 118 Å². The number of hydrogen-bond donors (Lipinski definition) is 3. The third-order valence-electron chi connectivity index (χ3n) is 5.60. The van der Waals surface area contributed by atoms with E-state index in [0.29, 0.717) is 22.9 Å². The van der Waals surface area contributed by atoms with E-state index in [4.69, 9.17) is 9.47 Å². The number of ether oxygens (including phenoxy) is 2. The van der Waals surface area contributed by atoms with Gasteiger partial charge >= 0.3 is 5.97 Å². The standard InChI is InChI=1S/C26H26N2O6/c29-22-7-3-4-8-23(22)33-18-10-12-19(13-11-18)34-25-14-9-17(16-27-25)15-24(30)28-21-6-2-1-5-20(21)26(31)32/h1-2,5-6,9-14,16,22-23,29H,3-4,7-8,15H2,(H,28,30)(H,31,32). The molecule has 4 rings (SSSR count). The van der Waals surface area contributed by atoms with Crippen LogP contribution in [0, 0.1) is 0 Å². The minimum Gasteiger partial charge on any atom is -0.488 e. The third kappa shape index (κ3) is 6.11. The maximum absolute atomic E-state index is 12.3. The molecule has 0 radical (unpaired) electrons. The van der Waals surface area contributed by atoms with Gasteiger partial charge in [0.25, 0.3) is 0 Å². The van der Waals surface area contributed by atoms with Crippen LogP contribution in [0.3, 0.4) is 0 Å². The summed E-state index contributed by atoms with van der Waals surface area (Å²) in [5.41, 5.74) is 0.940. The molecule has 0 spiro atoms. The summed E-state index contributed by atoms with van der Waals surface area (Å²) >= 11 is 0. The van der Waals surface area contributed by atoms with E-state index in [1.807, 2.05) is 0 Å². The molecule has 34 heavy (non-hydrogen) atoms. The molecule has 0 saturated heterocycles. The first-order valence-corrected chi connectivity index (χ1v) is 11.2. The van der Waals surface area contributed by atoms with Crippen molar-refractivity contribution in [2.75, 3.05) is 5.32 Å². The van der Waals surface area contributed by atoms with Gasteiger partial charge in [-0.2, -0.15) is 0 Å². The first kappa shape index (κ1) is 23.3. The van der Waals surface area contributed by atoms with Crippen molar-refractivity contribution in [2.24, 2.45) is 0 Å². The Labute approximate surface area is 197 Å². The van der Waals surface area contributed by atoms with Gasteiger partial charge in [0.2, 0.25) is 11.8 Å². The number of amides is 1. The van der Waals surface area contributed by atoms with Crippen LogP contribution in [0.2, 0.25) is 0 Å². The number of nitrogens with zero attached hydrogens (tertiary/aromatic N) is 1. The fourth-order valence-electron chi connectivity index (χ4n) is 3.83. The number of pyridine rings is 1. The maximum Gasteiger partial charge on any atom is 0.337 e. The second-order valence-electron chi connectivity index (χ2n) is 8.16. The number of benzene rings is 2. The van der Waals surface area contributed by atoms with Crippen LogP contribution in [0.15, 0.2) is 66.9 Å². The van der Waals surface area contributed by atoms with Crippen LogP contribution >= 0.6 is 0 Å². The lowest BCUT2D eigenvalue weighted by molar-refractivity contribution is -0.115. The van der Waals surface area contributed by atoms with Crippen LogP contribution < -0.4 is 14.8 Å². The van der Waals surface area contributed by atoms with E-state index in [9.17, 15) is 19.8 Å². The highest BCUT2D eigenvalue weighted by Crippen LogP contribution is 2.27. The van der Waals surface area contributed by atoms with Crippen LogP contribution in [-0.2, 0) is 11.2 Å². The smallest absolute Gasteiger partial charge is 0.337 e. The predicted molar refractivity (Wildman–Crippen MR) is 125 cm³/mol. The van der Waals surface area contributed by atoms with Crippen LogP contribution in [-0.4, -0.2) is 39.3 Å². The molecule has 2 unspecified atom stereocenters. The van der Waals surface area contributed by atoms with Crippen molar-refractivity contribution in [2.45, 2.75) is 44.3 Å². The Morgan fingerprint density at radius 1 is 0.971 bits per heavy atom. The molecular weight excluding hydrogens is 436 g/mol. The SMILES string of the molecule is O=C(Cc1ccc(Oc2ccc(OC3CCCCC3O)cc2)nc1)Nc1ccccc1C(=O)O. The maximum atomic E-state index is 12.3. The van der Waals surface area contributed by atoms with Crippen LogP contribution in [0.25, 0.3) is 0 Å². The molecule has 0 aliphatic heterocycles. The minimum atomic E-state index is -1.11. The fraction of sp³-hybridized carbons (Fsp3) is 0.269. The molecule has 1 heterocycles. The zero-order chi connectivity index (χ0) is 23.9. The molecule has 1 amide bonds. The zero-order valence-corrected chi connectivity index (χ0v) is 18.5. The van der Waals surface area contributed by atoms with Crippen molar-refractivity contribution in [1.29, 1.82) is 0 Å². The number of anilines is 1. The lowest BCUT2D eigenvalue weighted by Gasteiger charge is -2.28. The Bertz CT molecular complexity index is 1130. The molecule has 3 N–H and O–H groups in total. The van der Waals surface area contributed by atoms with Gasteiger partial charge in [-0.3, -0.25) is 4.79 Å². The van der Waals surface area contributed by atoms with E-state index < -0.39 is 12.1 Å². The van der Waals surface area contributed by atoms with Crippen molar-refractivity contribution in [3.05, 3.63) is 78.0 Å². The molecule has 1 saturated carbocycles. The van der Waals surface area contributed by atoms with Crippen molar-refractivity contribution in [1.82, 2.24) is 4.98 Å². The zero-order valence-electron chi connectivity index (χ0n) is 18.5. The molecule has 2 atom stereocenters. The van der Waals surface area contributed by atoms with Gasteiger partial charge in [0.1, 0.15) is 17.6 Å². The van der Waals surface area contributed by atoms with Gasteiger partial charge in [0, 0.05) is 12.3 Å². The highest BCUT2D eigenvalue weighted by Gasteiger charge is 2.24. The van der Waals surface area contributed by atoms with Gasteiger partial charge < -0.3 is 25.0 Å². The number of carboxylic acid groups (broad SMARTS) is 1. The molecular formula is C26H26N2O6. The Morgan fingerprint density at radius 2 is 1.71 bits per heavy atom. The Kier molecular flexibility index (Phi) is 7.39. The number of carbonyl (C=O) groups is 2. The molecule has 3 aromatic rings. The Hall–Kier alpha value is -3.91. The number of aromatic carboxylic acids is 1. The molecule has 8 heteroatoms. The average Bonchev–Trinajstić information content (AvgIpc) is 2.83. The number of nitrogens with one attached hydrogen (secondary N) is 1. The first-order chi connectivity index (χ1) is 16.5. The first-order valence-electron chi connectivity index (χ1n) is 11.2. The molecule has 0 bridgehead atoms. The molecule has 1 aliphatic carbocycles. The highest BCUT2D eigenvalue weighted by atomic mass is 16.5. The molecule has 1 aliphatic rings. The number of carbonyl (C=O) groups excluding carboxylic acids is 1. The number of para-hydroxylation sites is 1. The summed E-state index contributed by atoms with van der Waals surface area (Å²) < 4.78 is 11.7. The van der Waals surface area contributed by atoms with Crippen LogP contribution in [0.5, 0.6) is 17.4 Å². The van der Waals surface area contributed by atoms with Crippen LogP contribution in [0.1, 0.15) is 41.6 Å². The van der Waals surface area contributed by atoms with Crippen LogP contribution in [0.4, 0.5) is 5.69 Å². The summed E-state index contributed by atoms with van der Waals surface area (Å²) in [4.78, 5) is 27.9. The van der Waals surface area contributed by atoms with Crippen molar-refractivity contribution in [3.8, 4) is 17.4 Å². The number of rotatable bonds is 8. The summed E-state index contributed by atoms with van der Waals surface area (Å²) in [7, 11) is 0. The normalized spacial score (nSPS) is 17.6. The van der Waals surface area contributed by atoms with Gasteiger partial charge in [0.15, 0.2) is 0 Å². The summed E-state index contributed by atoms with van der Waals surface area (Å²) in [6.07, 6.45) is 4.68. The minimum absolute atomic E-state index is 0.0315. The monoisotopic (exact) mass is 462 g/mol. The van der Waals surface area contributed by atoms with Gasteiger partial charge in [-0.05, 0) is 61.2 Å². The number of hydrogen-bond acceptors (Lipinski definition) is 6. The summed E-state index contributed by atoms with van der Waals surface area (Å²) in [6, 6.07) is 16.8. The molecule has 2 aromatic carbocycles. The second-order valence-corrected chi connectivity index (χ2v) is 8.16. The van der Waals surface area contributed by atoms with E-state index in [1.165, 1.54) is 6.07 Å². The van der Waals surface area contributed by atoms with Gasteiger partial charge in [-0.15, -0.1) is 0 Å². The van der Waals surface area contributed by atoms with Crippen molar-refractivity contribution >= 4 is 17.6 Å². The lowest BCUT2D eigenvalue weighted by Crippen LogP contribution is -2.34. The van der Waals surface area contributed by atoms with E-state index >= 15 is 0 Å². The average molecular weight is 463 g/mol. The number of aliphatic hydroxyl groups is 1. The van der Waals surface area contributed by atoms with Crippen molar-refractivity contribution < 1.29 is 29.3 Å². The molecule has 176 valence electrons. The van der Waals surface area contributed by atoms with E-state index in [-0.39, 0.29) is 29.7 Å². The van der Waals surface area contributed by atoms with E-state index in [2.05, 4.69) is 10.3 Å². The Balaban J connectivity index is 1.30. The quantitative estimate of drug-likeness (QED) is 0.453. The predicted octanol–water partition coefficient (Wildman–Crippen LogP) is 4.44. The summed E-state index contributed by atoms with van der Waals surface area (Å²) in [5.74, 6) is 0.182. The fourth-order valence-corrected chi connectivity index (χ4v) is 3.83. The van der Waals surface area contributed by atoms with Crippen molar-refractivity contribution in [3.63, 3.8) is 0 Å². The summed E-state index contributed by atoms with van der Waals surface area (Å²) in [6.45, 7) is 0. The van der Waals surface area contributed by atoms with E-state index in [0.717, 1.165) is 25.7 Å². The van der Waals surface area contributed by atoms with E-state index in [1.54, 1.807) is 60.8 Å². The number of carboxylic acids is 1. The lowest BCUT2D eigenvalue weighted by atomic mass is 9.95. The van der Waals surface area contributed by atoms with Gasteiger partial charge in [-0.25, -0.2) is 9.78 Å². The largest absolute Gasteiger partial charge is 0.488 e.